The molecular weight excluding hydrogens is 335 g/mol. The summed E-state index contributed by atoms with van der Waals surface area (Å²) < 4.78 is 39.9. The van der Waals surface area contributed by atoms with Crippen LogP contribution in [0, 0.1) is 5.82 Å². The molecule has 0 radical (unpaired) electrons. The number of nitrogens with zero attached hydrogens (tertiary/aromatic N) is 1. The number of hydrogen-bond acceptors (Lipinski definition) is 3. The molecule has 1 aromatic carbocycles. The van der Waals surface area contributed by atoms with Crippen LogP contribution in [0.3, 0.4) is 0 Å². The molecule has 1 aromatic rings. The van der Waals surface area contributed by atoms with Gasteiger partial charge in [0.05, 0.1) is 4.90 Å². The molecule has 2 atom stereocenters. The van der Waals surface area contributed by atoms with E-state index < -0.39 is 15.8 Å². The molecule has 0 aliphatic carbocycles. The van der Waals surface area contributed by atoms with E-state index in [4.69, 9.17) is 0 Å². The summed E-state index contributed by atoms with van der Waals surface area (Å²) in [6, 6.07) is 3.82. The molecule has 1 heterocycles. The largest absolute Gasteiger partial charge is 0.309 e. The second-order valence-electron chi connectivity index (χ2n) is 4.87. The molecule has 2 rings (SSSR count). The third-order valence-electron chi connectivity index (χ3n) is 3.04. The Morgan fingerprint density at radius 2 is 1.89 bits per heavy atom. The molecular formula is C12H16BrFN2O2S. The number of hydrogen-bond donors (Lipinski definition) is 1. The minimum absolute atomic E-state index is 0.0951. The predicted octanol–water partition coefficient (Wildman–Crippen LogP) is 1.96. The van der Waals surface area contributed by atoms with Gasteiger partial charge in [-0.2, -0.15) is 4.31 Å². The first-order chi connectivity index (χ1) is 8.80. The minimum Gasteiger partial charge on any atom is -0.309 e. The lowest BCUT2D eigenvalue weighted by atomic mass is 10.2. The Labute approximate surface area is 121 Å². The number of nitrogens with one attached hydrogen (secondary N) is 1. The van der Waals surface area contributed by atoms with Crippen molar-refractivity contribution in [2.75, 3.05) is 13.1 Å². The molecule has 0 unspecified atom stereocenters. The van der Waals surface area contributed by atoms with Gasteiger partial charge in [-0.25, -0.2) is 12.8 Å². The minimum atomic E-state index is -3.60. The quantitative estimate of drug-likeness (QED) is 0.886. The van der Waals surface area contributed by atoms with Gasteiger partial charge in [0.25, 0.3) is 0 Å². The molecule has 1 aliphatic heterocycles. The molecule has 1 N–H and O–H groups in total. The summed E-state index contributed by atoms with van der Waals surface area (Å²) in [6.07, 6.45) is 0. The summed E-state index contributed by atoms with van der Waals surface area (Å²) in [7, 11) is -3.60. The van der Waals surface area contributed by atoms with Crippen molar-refractivity contribution in [2.45, 2.75) is 30.8 Å². The molecule has 0 bridgehead atoms. The van der Waals surface area contributed by atoms with Crippen LogP contribution in [0.2, 0.25) is 0 Å². The maximum atomic E-state index is 13.1. The SMILES string of the molecule is C[C@@H]1CN(S(=O)(=O)c2ccc(F)cc2Br)C[C@@H](C)N1. The summed E-state index contributed by atoms with van der Waals surface area (Å²) in [5, 5.41) is 3.28. The monoisotopic (exact) mass is 350 g/mol. The van der Waals surface area contributed by atoms with E-state index in [-0.39, 0.29) is 21.5 Å². The van der Waals surface area contributed by atoms with Gasteiger partial charge < -0.3 is 5.32 Å². The average molecular weight is 351 g/mol. The summed E-state index contributed by atoms with van der Waals surface area (Å²) in [5.41, 5.74) is 0. The van der Waals surface area contributed by atoms with Crippen LogP contribution in [0.15, 0.2) is 27.6 Å². The Balaban J connectivity index is 2.36. The zero-order valence-corrected chi connectivity index (χ0v) is 13.1. The first kappa shape index (κ1) is 14.9. The van der Waals surface area contributed by atoms with E-state index in [0.29, 0.717) is 13.1 Å². The van der Waals surface area contributed by atoms with Crippen LogP contribution in [0.5, 0.6) is 0 Å². The lowest BCUT2D eigenvalue weighted by Gasteiger charge is -2.35. The maximum Gasteiger partial charge on any atom is 0.244 e. The van der Waals surface area contributed by atoms with Crippen molar-refractivity contribution in [1.82, 2.24) is 9.62 Å². The van der Waals surface area contributed by atoms with Crippen LogP contribution in [0.1, 0.15) is 13.8 Å². The van der Waals surface area contributed by atoms with Crippen molar-refractivity contribution >= 4 is 26.0 Å². The third kappa shape index (κ3) is 3.16. The molecule has 106 valence electrons. The lowest BCUT2D eigenvalue weighted by molar-refractivity contribution is 0.263. The second kappa shape index (κ2) is 5.47. The molecule has 1 aliphatic rings. The van der Waals surface area contributed by atoms with Crippen LogP contribution in [-0.4, -0.2) is 37.9 Å². The van der Waals surface area contributed by atoms with E-state index >= 15 is 0 Å². The van der Waals surface area contributed by atoms with Crippen LogP contribution in [-0.2, 0) is 10.0 Å². The summed E-state index contributed by atoms with van der Waals surface area (Å²) >= 11 is 3.12. The Morgan fingerprint density at radius 1 is 1.32 bits per heavy atom. The maximum absolute atomic E-state index is 13.1. The van der Waals surface area contributed by atoms with Gasteiger partial charge in [0, 0.05) is 29.6 Å². The van der Waals surface area contributed by atoms with Gasteiger partial charge in [0.15, 0.2) is 0 Å². The number of halogens is 2. The molecule has 7 heteroatoms. The predicted molar refractivity (Wildman–Crippen MR) is 74.9 cm³/mol. The highest BCUT2D eigenvalue weighted by atomic mass is 79.9. The van der Waals surface area contributed by atoms with Crippen LogP contribution < -0.4 is 5.32 Å². The summed E-state index contributed by atoms with van der Waals surface area (Å²) in [5.74, 6) is -0.465. The van der Waals surface area contributed by atoms with Crippen LogP contribution >= 0.6 is 15.9 Å². The highest BCUT2D eigenvalue weighted by Gasteiger charge is 2.32. The van der Waals surface area contributed by atoms with Crippen LogP contribution in [0.25, 0.3) is 0 Å². The Morgan fingerprint density at radius 3 is 2.42 bits per heavy atom. The molecule has 4 nitrogen and oxygen atoms in total. The van der Waals surface area contributed by atoms with Crippen molar-refractivity contribution < 1.29 is 12.8 Å². The van der Waals surface area contributed by atoms with Crippen molar-refractivity contribution in [3.63, 3.8) is 0 Å². The molecule has 0 spiro atoms. The zero-order chi connectivity index (χ0) is 14.2. The fourth-order valence-electron chi connectivity index (χ4n) is 2.30. The summed E-state index contributed by atoms with van der Waals surface area (Å²) in [6.45, 7) is 4.71. The van der Waals surface area contributed by atoms with Gasteiger partial charge in [-0.1, -0.05) is 0 Å². The molecule has 0 saturated carbocycles. The Kier molecular flexibility index (Phi) is 4.29. The van der Waals surface area contributed by atoms with Crippen molar-refractivity contribution in [3.05, 3.63) is 28.5 Å². The lowest BCUT2D eigenvalue weighted by Crippen LogP contribution is -2.55. The average Bonchev–Trinajstić information content (AvgIpc) is 2.26. The topological polar surface area (TPSA) is 49.4 Å². The highest BCUT2D eigenvalue weighted by molar-refractivity contribution is 9.10. The molecule has 0 aromatic heterocycles. The number of rotatable bonds is 2. The number of sulfonamides is 1. The van der Waals surface area contributed by atoms with E-state index in [1.807, 2.05) is 13.8 Å². The second-order valence-corrected chi connectivity index (χ2v) is 7.63. The van der Waals surface area contributed by atoms with Gasteiger partial charge in [0.1, 0.15) is 5.82 Å². The first-order valence-electron chi connectivity index (χ1n) is 6.02. The van der Waals surface area contributed by atoms with Gasteiger partial charge in [-0.15, -0.1) is 0 Å². The van der Waals surface area contributed by atoms with E-state index in [1.165, 1.54) is 16.4 Å². The molecule has 0 amide bonds. The van der Waals surface area contributed by atoms with Gasteiger partial charge >= 0.3 is 0 Å². The molecule has 1 saturated heterocycles. The van der Waals surface area contributed by atoms with Gasteiger partial charge in [-0.05, 0) is 48.0 Å². The smallest absolute Gasteiger partial charge is 0.244 e. The normalized spacial score (nSPS) is 25.5. The Hall–Kier alpha value is -0.500. The first-order valence-corrected chi connectivity index (χ1v) is 8.25. The summed E-state index contributed by atoms with van der Waals surface area (Å²) in [4.78, 5) is 0.107. The Bertz CT molecular complexity index is 569. The highest BCUT2D eigenvalue weighted by Crippen LogP contribution is 2.26. The standard InChI is InChI=1S/C12H16BrFN2O2S/c1-8-6-16(7-9(2)15-8)19(17,18)12-4-3-10(14)5-11(12)13/h3-5,8-9,15H,6-7H2,1-2H3/t8-,9-/m1/s1. The van der Waals surface area contributed by atoms with E-state index in [9.17, 15) is 12.8 Å². The van der Waals surface area contributed by atoms with Crippen molar-refractivity contribution in [3.8, 4) is 0 Å². The van der Waals surface area contributed by atoms with Crippen molar-refractivity contribution in [1.29, 1.82) is 0 Å². The number of piperazine rings is 1. The van der Waals surface area contributed by atoms with Gasteiger partial charge in [0.2, 0.25) is 10.0 Å². The van der Waals surface area contributed by atoms with Crippen molar-refractivity contribution in [2.24, 2.45) is 0 Å². The third-order valence-corrected chi connectivity index (χ3v) is 5.84. The van der Waals surface area contributed by atoms with Gasteiger partial charge in [-0.3, -0.25) is 0 Å². The molecule has 1 fully saturated rings. The zero-order valence-electron chi connectivity index (χ0n) is 10.7. The fraction of sp³-hybridized carbons (Fsp3) is 0.500. The molecule has 19 heavy (non-hydrogen) atoms. The van der Waals surface area contributed by atoms with E-state index in [0.717, 1.165) is 6.07 Å². The van der Waals surface area contributed by atoms with E-state index in [2.05, 4.69) is 21.2 Å². The fourth-order valence-corrected chi connectivity index (χ4v) is 4.92. The number of benzene rings is 1. The van der Waals surface area contributed by atoms with Crippen LogP contribution in [0.4, 0.5) is 4.39 Å². The van der Waals surface area contributed by atoms with E-state index in [1.54, 1.807) is 0 Å².